The second kappa shape index (κ2) is 7.26. The molecule has 2 N–H and O–H groups in total. The van der Waals surface area contributed by atoms with E-state index >= 15 is 0 Å². The predicted octanol–water partition coefficient (Wildman–Crippen LogP) is 1.84. The lowest BCUT2D eigenvalue weighted by Gasteiger charge is -2.24. The molecule has 2 aliphatic rings. The lowest BCUT2D eigenvalue weighted by molar-refractivity contribution is -0.141. The Morgan fingerprint density at radius 3 is 2.54 bits per heavy atom. The zero-order chi connectivity index (χ0) is 19.8. The van der Waals surface area contributed by atoms with Crippen molar-refractivity contribution in [1.82, 2.24) is 15.3 Å². The van der Waals surface area contributed by atoms with Gasteiger partial charge in [0.25, 0.3) is 0 Å². The van der Waals surface area contributed by atoms with Crippen LogP contribution in [0, 0.1) is 5.92 Å². The third-order valence-corrected chi connectivity index (χ3v) is 5.49. The number of aromatic hydroxyl groups is 1. The fraction of sp³-hybridized carbons (Fsp3) is 0.333. The molecule has 28 heavy (non-hydrogen) atoms. The Morgan fingerprint density at radius 1 is 1.11 bits per heavy atom. The maximum atomic E-state index is 13.0. The number of nitrogens with one attached hydrogen (secondary N) is 1. The van der Waals surface area contributed by atoms with Crippen LogP contribution in [0.2, 0.25) is 0 Å². The number of carbonyl (C=O) groups is 2. The van der Waals surface area contributed by atoms with Gasteiger partial charge in [-0.25, -0.2) is 10.4 Å². The minimum atomic E-state index is -0.558. The monoisotopic (exact) mass is 381 g/mol. The third kappa shape index (κ3) is 2.93. The van der Waals surface area contributed by atoms with Crippen LogP contribution in [-0.2, 0) is 16.1 Å². The molecule has 2 aromatic rings. The van der Waals surface area contributed by atoms with Gasteiger partial charge in [0.05, 0.1) is 19.1 Å². The Hall–Kier alpha value is -2.90. The number of methoxy groups -OCH3 is 1. The normalized spacial score (nSPS) is 24.6. The van der Waals surface area contributed by atoms with E-state index < -0.39 is 12.0 Å². The van der Waals surface area contributed by atoms with E-state index in [2.05, 4.69) is 5.43 Å². The summed E-state index contributed by atoms with van der Waals surface area (Å²) in [4.78, 5) is 27.3. The summed E-state index contributed by atoms with van der Waals surface area (Å²) in [5.74, 6) is -0.496. The number of likely N-dealkylation sites (N-methyl/N-ethyl adjacent to an activating group) is 1. The van der Waals surface area contributed by atoms with E-state index in [1.54, 1.807) is 18.2 Å². The van der Waals surface area contributed by atoms with E-state index in [4.69, 9.17) is 4.74 Å². The highest BCUT2D eigenvalue weighted by Crippen LogP contribution is 2.42. The van der Waals surface area contributed by atoms with Gasteiger partial charge in [0.15, 0.2) is 11.5 Å². The molecule has 0 bridgehead atoms. The number of phenols is 1. The first kappa shape index (κ1) is 18.5. The number of rotatable bonds is 5. The van der Waals surface area contributed by atoms with Crippen molar-refractivity contribution in [2.75, 3.05) is 13.7 Å². The first-order valence-electron chi connectivity index (χ1n) is 9.34. The Morgan fingerprint density at radius 2 is 1.86 bits per heavy atom. The molecule has 0 spiro atoms. The van der Waals surface area contributed by atoms with Gasteiger partial charge in [-0.15, -0.1) is 0 Å². The zero-order valence-corrected chi connectivity index (χ0v) is 15.8. The van der Waals surface area contributed by atoms with Gasteiger partial charge in [-0.2, -0.15) is 0 Å². The minimum Gasteiger partial charge on any atom is -0.504 e. The lowest BCUT2D eigenvalue weighted by Crippen LogP contribution is -2.44. The summed E-state index contributed by atoms with van der Waals surface area (Å²) >= 11 is 0. The van der Waals surface area contributed by atoms with E-state index in [0.717, 1.165) is 11.1 Å². The molecule has 2 saturated heterocycles. The van der Waals surface area contributed by atoms with Gasteiger partial charge >= 0.3 is 0 Å². The molecule has 4 rings (SSSR count). The van der Waals surface area contributed by atoms with Crippen molar-refractivity contribution in [3.05, 3.63) is 59.7 Å². The predicted molar refractivity (Wildman–Crippen MR) is 102 cm³/mol. The molecule has 0 saturated carbocycles. The van der Waals surface area contributed by atoms with E-state index in [9.17, 15) is 14.7 Å². The summed E-state index contributed by atoms with van der Waals surface area (Å²) in [6.07, 6.45) is 0. The molecule has 0 aromatic heterocycles. The van der Waals surface area contributed by atoms with Gasteiger partial charge in [0, 0.05) is 13.1 Å². The molecule has 2 aromatic carbocycles. The number of ether oxygens (including phenoxy) is 1. The zero-order valence-electron chi connectivity index (χ0n) is 15.8. The molecule has 7 heteroatoms. The van der Waals surface area contributed by atoms with E-state index in [1.807, 2.05) is 42.3 Å². The second-order valence-electron chi connectivity index (χ2n) is 7.04. The van der Waals surface area contributed by atoms with Crippen molar-refractivity contribution in [3.8, 4) is 11.5 Å². The summed E-state index contributed by atoms with van der Waals surface area (Å²) in [7, 11) is 1.48. The quantitative estimate of drug-likeness (QED) is 0.769. The van der Waals surface area contributed by atoms with Crippen LogP contribution in [0.25, 0.3) is 0 Å². The van der Waals surface area contributed by atoms with Crippen LogP contribution in [0.1, 0.15) is 24.1 Å². The number of likely N-dealkylation sites (tertiary alicyclic amines) is 1. The van der Waals surface area contributed by atoms with Crippen molar-refractivity contribution >= 4 is 11.8 Å². The van der Waals surface area contributed by atoms with E-state index in [0.29, 0.717) is 18.8 Å². The number of hydrazine groups is 1. The van der Waals surface area contributed by atoms with Crippen molar-refractivity contribution < 1.29 is 19.4 Å². The number of benzene rings is 2. The first-order chi connectivity index (χ1) is 13.5. The van der Waals surface area contributed by atoms with Gasteiger partial charge in [-0.1, -0.05) is 36.4 Å². The molecule has 2 amide bonds. The van der Waals surface area contributed by atoms with Crippen LogP contribution in [0.5, 0.6) is 11.5 Å². The molecule has 2 fully saturated rings. The summed E-state index contributed by atoms with van der Waals surface area (Å²) in [6, 6.07) is 13.9. The molecular weight excluding hydrogens is 358 g/mol. The van der Waals surface area contributed by atoms with Gasteiger partial charge in [-0.05, 0) is 30.2 Å². The van der Waals surface area contributed by atoms with Gasteiger partial charge in [-0.3, -0.25) is 14.5 Å². The SMILES string of the molecule is CCN1C(=O)[C@@H]2[C@@H](C1=O)N(Cc1ccccc1)N[C@H]2c1ccc(O)c(OC)c1. The van der Waals surface area contributed by atoms with E-state index in [1.165, 1.54) is 12.0 Å². The van der Waals surface area contributed by atoms with Crippen molar-refractivity contribution in [2.24, 2.45) is 5.92 Å². The molecule has 0 aliphatic carbocycles. The Bertz CT molecular complexity index is 902. The number of hydrogen-bond donors (Lipinski definition) is 2. The highest BCUT2D eigenvalue weighted by molar-refractivity contribution is 6.07. The third-order valence-electron chi connectivity index (χ3n) is 5.49. The van der Waals surface area contributed by atoms with E-state index in [-0.39, 0.29) is 23.6 Å². The summed E-state index contributed by atoms with van der Waals surface area (Å²) < 4.78 is 5.22. The van der Waals surface area contributed by atoms with Crippen LogP contribution in [0.3, 0.4) is 0 Å². The highest BCUT2D eigenvalue weighted by Gasteiger charge is 2.58. The standard InChI is InChI=1S/C21H23N3O4/c1-3-23-20(26)17-18(14-9-10-15(25)16(11-14)28-2)22-24(19(17)21(23)27)12-13-7-5-4-6-8-13/h4-11,17-19,22,25H,3,12H2,1-2H3/t17-,18-,19-/m0/s1. The number of nitrogens with zero attached hydrogens (tertiary/aromatic N) is 2. The van der Waals surface area contributed by atoms with Crippen molar-refractivity contribution in [1.29, 1.82) is 0 Å². The van der Waals surface area contributed by atoms with Crippen LogP contribution in [0.15, 0.2) is 48.5 Å². The molecule has 2 aliphatic heterocycles. The maximum absolute atomic E-state index is 13.0. The number of amides is 2. The van der Waals surface area contributed by atoms with Crippen LogP contribution < -0.4 is 10.2 Å². The number of hydrogen-bond acceptors (Lipinski definition) is 6. The van der Waals surface area contributed by atoms with Gasteiger partial charge in [0.1, 0.15) is 6.04 Å². The molecule has 0 unspecified atom stereocenters. The smallest absolute Gasteiger partial charge is 0.248 e. The van der Waals surface area contributed by atoms with Gasteiger partial charge in [0.2, 0.25) is 11.8 Å². The first-order valence-corrected chi connectivity index (χ1v) is 9.34. The molecule has 146 valence electrons. The molecule has 7 nitrogen and oxygen atoms in total. The topological polar surface area (TPSA) is 82.1 Å². The average molecular weight is 381 g/mol. The summed E-state index contributed by atoms with van der Waals surface area (Å²) in [6.45, 7) is 2.67. The summed E-state index contributed by atoms with van der Waals surface area (Å²) in [5, 5.41) is 11.8. The summed E-state index contributed by atoms with van der Waals surface area (Å²) in [5.41, 5.74) is 5.20. The molecule has 2 heterocycles. The van der Waals surface area contributed by atoms with Crippen molar-refractivity contribution in [3.63, 3.8) is 0 Å². The highest BCUT2D eigenvalue weighted by atomic mass is 16.5. The maximum Gasteiger partial charge on any atom is 0.248 e. The lowest BCUT2D eigenvalue weighted by atomic mass is 9.90. The Kier molecular flexibility index (Phi) is 4.78. The Balaban J connectivity index is 1.71. The van der Waals surface area contributed by atoms with Gasteiger partial charge < -0.3 is 9.84 Å². The number of carbonyl (C=O) groups excluding carboxylic acids is 2. The van der Waals surface area contributed by atoms with Crippen LogP contribution in [-0.4, -0.2) is 46.5 Å². The average Bonchev–Trinajstić information content (AvgIpc) is 3.19. The van der Waals surface area contributed by atoms with Crippen LogP contribution in [0.4, 0.5) is 0 Å². The molecular formula is C21H23N3O4. The fourth-order valence-electron chi connectivity index (χ4n) is 4.13. The Labute approximate surface area is 163 Å². The van der Waals surface area contributed by atoms with Crippen LogP contribution >= 0.6 is 0 Å². The number of fused-ring (bicyclic) bond motifs is 1. The van der Waals surface area contributed by atoms with Crippen molar-refractivity contribution in [2.45, 2.75) is 25.6 Å². The second-order valence-corrected chi connectivity index (χ2v) is 7.04. The largest absolute Gasteiger partial charge is 0.504 e. The minimum absolute atomic E-state index is 0.0333. The number of imide groups is 1. The fourth-order valence-corrected chi connectivity index (χ4v) is 4.13. The number of phenolic OH excluding ortho intramolecular Hbond substituents is 1. The molecule has 3 atom stereocenters. The molecule has 0 radical (unpaired) electrons.